The Kier molecular flexibility index (Phi) is 3.72. The summed E-state index contributed by atoms with van der Waals surface area (Å²) in [6, 6.07) is 5.65. The highest BCUT2D eigenvalue weighted by Crippen LogP contribution is 2.27. The minimum atomic E-state index is -0.262. The van der Waals surface area contributed by atoms with Gasteiger partial charge in [-0.1, -0.05) is 12.1 Å². The van der Waals surface area contributed by atoms with Crippen LogP contribution in [0.1, 0.15) is 24.0 Å². The van der Waals surface area contributed by atoms with Gasteiger partial charge in [-0.05, 0) is 18.9 Å². The first kappa shape index (κ1) is 13.5. The highest BCUT2D eigenvalue weighted by atomic mass is 19.1. The molecule has 2 fully saturated rings. The van der Waals surface area contributed by atoms with Crippen molar-refractivity contribution in [3.8, 4) is 0 Å². The molecular weight excluding hydrogens is 255 g/mol. The molecule has 0 bridgehead atoms. The van der Waals surface area contributed by atoms with Gasteiger partial charge in [0.05, 0.1) is 0 Å². The third-order valence-electron chi connectivity index (χ3n) is 4.23. The molecule has 1 heterocycles. The summed E-state index contributed by atoms with van der Waals surface area (Å²) in [7, 11) is 0. The van der Waals surface area contributed by atoms with Crippen LogP contribution in [0, 0.1) is 11.2 Å². The Morgan fingerprint density at radius 3 is 2.50 bits per heavy atom. The quantitative estimate of drug-likeness (QED) is 0.645. The van der Waals surface area contributed by atoms with E-state index in [-0.39, 0.29) is 11.7 Å². The van der Waals surface area contributed by atoms with E-state index in [4.69, 9.17) is 11.1 Å². The monoisotopic (exact) mass is 276 g/mol. The molecule has 0 aromatic heterocycles. The molecule has 0 spiro atoms. The van der Waals surface area contributed by atoms with E-state index >= 15 is 0 Å². The minimum Gasteiger partial charge on any atom is -0.384 e. The van der Waals surface area contributed by atoms with Crippen LogP contribution in [0.3, 0.4) is 0 Å². The number of nitrogens with one attached hydrogen (secondary N) is 1. The number of hydrogen-bond acceptors (Lipinski definition) is 3. The molecular formula is C15H21FN4. The van der Waals surface area contributed by atoms with E-state index in [0.717, 1.165) is 32.2 Å². The normalized spacial score (nSPS) is 21.1. The summed E-state index contributed by atoms with van der Waals surface area (Å²) >= 11 is 0. The van der Waals surface area contributed by atoms with E-state index in [1.807, 2.05) is 0 Å². The lowest BCUT2D eigenvalue weighted by atomic mass is 10.1. The van der Waals surface area contributed by atoms with Crippen molar-refractivity contribution in [3.05, 3.63) is 35.1 Å². The fraction of sp³-hybridized carbons (Fsp3) is 0.533. The predicted molar refractivity (Wildman–Crippen MR) is 77.3 cm³/mol. The van der Waals surface area contributed by atoms with Crippen molar-refractivity contribution in [2.75, 3.05) is 26.2 Å². The van der Waals surface area contributed by atoms with Crippen LogP contribution in [0.25, 0.3) is 0 Å². The number of piperazine rings is 1. The van der Waals surface area contributed by atoms with Crippen molar-refractivity contribution in [2.45, 2.75) is 25.4 Å². The summed E-state index contributed by atoms with van der Waals surface area (Å²) in [6.07, 6.45) is 2.70. The van der Waals surface area contributed by atoms with Crippen LogP contribution in [-0.2, 0) is 6.54 Å². The number of amidine groups is 1. The predicted octanol–water partition coefficient (Wildman–Crippen LogP) is 1.39. The Morgan fingerprint density at radius 2 is 1.95 bits per heavy atom. The standard InChI is InChI=1S/C15H21FN4/c16-14-9-11(15(17)18)1-2-12(14)10-19-5-7-20(8-6-19)13-3-4-13/h1-2,9,13H,3-8,10H2,(H3,17,18). The van der Waals surface area contributed by atoms with Crippen LogP contribution in [0.5, 0.6) is 0 Å². The average molecular weight is 276 g/mol. The van der Waals surface area contributed by atoms with Crippen LogP contribution in [0.4, 0.5) is 4.39 Å². The number of nitrogens with two attached hydrogens (primary N) is 1. The molecule has 1 aliphatic carbocycles. The molecule has 3 rings (SSSR count). The Bertz CT molecular complexity index is 505. The SMILES string of the molecule is N=C(N)c1ccc(CN2CCN(C3CC3)CC2)c(F)c1. The van der Waals surface area contributed by atoms with Gasteiger partial charge >= 0.3 is 0 Å². The summed E-state index contributed by atoms with van der Waals surface area (Å²) in [4.78, 5) is 4.84. The topological polar surface area (TPSA) is 56.4 Å². The van der Waals surface area contributed by atoms with Crippen LogP contribution >= 0.6 is 0 Å². The van der Waals surface area contributed by atoms with Gasteiger partial charge in [0, 0.05) is 49.9 Å². The summed E-state index contributed by atoms with van der Waals surface area (Å²) < 4.78 is 14.0. The second kappa shape index (κ2) is 5.50. The molecule has 4 nitrogen and oxygen atoms in total. The van der Waals surface area contributed by atoms with E-state index in [2.05, 4.69) is 9.80 Å². The molecule has 0 unspecified atom stereocenters. The van der Waals surface area contributed by atoms with Crippen LogP contribution in [-0.4, -0.2) is 47.9 Å². The largest absolute Gasteiger partial charge is 0.384 e. The Balaban J connectivity index is 1.59. The Labute approximate surface area is 118 Å². The molecule has 1 aromatic rings. The second-order valence-corrected chi connectivity index (χ2v) is 5.76. The van der Waals surface area contributed by atoms with Crippen molar-refractivity contribution >= 4 is 5.84 Å². The third kappa shape index (κ3) is 2.99. The molecule has 1 aromatic carbocycles. The fourth-order valence-electron chi connectivity index (χ4n) is 2.81. The maximum Gasteiger partial charge on any atom is 0.128 e. The number of nitrogen functional groups attached to an aromatic ring is 1. The first-order valence-electron chi connectivity index (χ1n) is 7.23. The molecule has 0 atom stereocenters. The third-order valence-corrected chi connectivity index (χ3v) is 4.23. The van der Waals surface area contributed by atoms with Gasteiger partial charge in [-0.15, -0.1) is 0 Å². The van der Waals surface area contributed by atoms with Gasteiger partial charge in [0.25, 0.3) is 0 Å². The van der Waals surface area contributed by atoms with Gasteiger partial charge < -0.3 is 5.73 Å². The van der Waals surface area contributed by atoms with Crippen LogP contribution in [0.2, 0.25) is 0 Å². The molecule has 108 valence electrons. The van der Waals surface area contributed by atoms with Gasteiger partial charge in [0.2, 0.25) is 0 Å². The highest BCUT2D eigenvalue weighted by molar-refractivity contribution is 5.94. The Morgan fingerprint density at radius 1 is 1.25 bits per heavy atom. The molecule has 0 radical (unpaired) electrons. The lowest BCUT2D eigenvalue weighted by molar-refractivity contribution is 0.120. The maximum atomic E-state index is 14.0. The minimum absolute atomic E-state index is 0.0894. The zero-order valence-electron chi connectivity index (χ0n) is 11.6. The molecule has 2 aliphatic rings. The maximum absolute atomic E-state index is 14.0. The van der Waals surface area contributed by atoms with Crippen molar-refractivity contribution in [1.82, 2.24) is 9.80 Å². The van der Waals surface area contributed by atoms with Crippen molar-refractivity contribution in [3.63, 3.8) is 0 Å². The number of nitrogens with zero attached hydrogens (tertiary/aromatic N) is 2. The molecule has 3 N–H and O–H groups in total. The van der Waals surface area contributed by atoms with Crippen LogP contribution < -0.4 is 5.73 Å². The van der Waals surface area contributed by atoms with E-state index in [1.165, 1.54) is 18.9 Å². The molecule has 1 saturated carbocycles. The zero-order chi connectivity index (χ0) is 14.1. The van der Waals surface area contributed by atoms with E-state index < -0.39 is 0 Å². The molecule has 1 aliphatic heterocycles. The zero-order valence-corrected chi connectivity index (χ0v) is 11.6. The van der Waals surface area contributed by atoms with Gasteiger partial charge in [-0.2, -0.15) is 0 Å². The highest BCUT2D eigenvalue weighted by Gasteiger charge is 2.31. The summed E-state index contributed by atoms with van der Waals surface area (Å²) in [5.74, 6) is -0.351. The fourth-order valence-corrected chi connectivity index (χ4v) is 2.81. The number of hydrogen-bond donors (Lipinski definition) is 2. The summed E-state index contributed by atoms with van der Waals surface area (Å²) in [6.45, 7) is 4.84. The first-order chi connectivity index (χ1) is 9.63. The van der Waals surface area contributed by atoms with Crippen molar-refractivity contribution in [2.24, 2.45) is 5.73 Å². The molecule has 5 heteroatoms. The average Bonchev–Trinajstić information content (AvgIpc) is 3.26. The Hall–Kier alpha value is -1.46. The van der Waals surface area contributed by atoms with Gasteiger partial charge in [0.15, 0.2) is 0 Å². The number of halogens is 1. The van der Waals surface area contributed by atoms with Crippen molar-refractivity contribution < 1.29 is 4.39 Å². The molecule has 1 saturated heterocycles. The summed E-state index contributed by atoms with van der Waals surface area (Å²) in [5.41, 5.74) is 6.51. The van der Waals surface area contributed by atoms with E-state index in [1.54, 1.807) is 12.1 Å². The van der Waals surface area contributed by atoms with Gasteiger partial charge in [0.1, 0.15) is 11.7 Å². The van der Waals surface area contributed by atoms with Gasteiger partial charge in [-0.25, -0.2) is 4.39 Å². The van der Waals surface area contributed by atoms with Crippen molar-refractivity contribution in [1.29, 1.82) is 5.41 Å². The smallest absolute Gasteiger partial charge is 0.128 e. The number of rotatable bonds is 4. The van der Waals surface area contributed by atoms with Crippen LogP contribution in [0.15, 0.2) is 18.2 Å². The molecule has 0 amide bonds. The number of benzene rings is 1. The summed E-state index contributed by atoms with van der Waals surface area (Å²) in [5, 5.41) is 7.32. The van der Waals surface area contributed by atoms with E-state index in [0.29, 0.717) is 17.7 Å². The molecule has 20 heavy (non-hydrogen) atoms. The van der Waals surface area contributed by atoms with E-state index in [9.17, 15) is 4.39 Å². The lowest BCUT2D eigenvalue weighted by Gasteiger charge is -2.34. The first-order valence-corrected chi connectivity index (χ1v) is 7.23. The second-order valence-electron chi connectivity index (χ2n) is 5.76. The lowest BCUT2D eigenvalue weighted by Crippen LogP contribution is -2.46. The van der Waals surface area contributed by atoms with Gasteiger partial charge in [-0.3, -0.25) is 15.2 Å².